The van der Waals surface area contributed by atoms with Crippen molar-refractivity contribution < 1.29 is 17.5 Å². The molecule has 0 fully saturated rings. The summed E-state index contributed by atoms with van der Waals surface area (Å²) in [5.41, 5.74) is 0.785. The van der Waals surface area contributed by atoms with Gasteiger partial charge in [0, 0.05) is 10.7 Å². The van der Waals surface area contributed by atoms with Crippen LogP contribution >= 0.6 is 26.6 Å². The van der Waals surface area contributed by atoms with Crippen molar-refractivity contribution in [2.75, 3.05) is 0 Å². The summed E-state index contributed by atoms with van der Waals surface area (Å²) in [6.07, 6.45) is 0. The first kappa shape index (κ1) is 15.3. The van der Waals surface area contributed by atoms with Crippen molar-refractivity contribution >= 4 is 35.7 Å². The van der Waals surface area contributed by atoms with E-state index in [2.05, 4.69) is 15.9 Å². The highest BCUT2D eigenvalue weighted by Crippen LogP contribution is 2.21. The van der Waals surface area contributed by atoms with Crippen molar-refractivity contribution in [3.05, 3.63) is 58.3 Å². The Labute approximate surface area is 128 Å². The number of hydrogen-bond acceptors (Lipinski definition) is 3. The zero-order valence-electron chi connectivity index (χ0n) is 10.0. The topological polar surface area (TPSA) is 43.4 Å². The quantitative estimate of drug-likeness (QED) is 0.751. The molecular formula is C13H9BrClFO3S. The van der Waals surface area contributed by atoms with E-state index < -0.39 is 9.05 Å². The molecule has 0 N–H and O–H groups in total. The molecule has 0 aliphatic carbocycles. The van der Waals surface area contributed by atoms with Gasteiger partial charge in [-0.25, -0.2) is 12.8 Å². The van der Waals surface area contributed by atoms with Crippen molar-refractivity contribution in [1.29, 1.82) is 0 Å². The lowest BCUT2D eigenvalue weighted by atomic mass is 10.2. The summed E-state index contributed by atoms with van der Waals surface area (Å²) in [5.74, 6) is 0.153. The third kappa shape index (κ3) is 3.94. The number of hydrogen-bond donors (Lipinski definition) is 0. The van der Waals surface area contributed by atoms with Gasteiger partial charge in [0.1, 0.15) is 18.2 Å². The predicted molar refractivity (Wildman–Crippen MR) is 77.9 cm³/mol. The van der Waals surface area contributed by atoms with Crippen molar-refractivity contribution in [3.63, 3.8) is 0 Å². The second-order valence-electron chi connectivity index (χ2n) is 3.95. The molecule has 106 valence electrons. The second-order valence-corrected chi connectivity index (χ2v) is 7.37. The first-order chi connectivity index (χ1) is 9.36. The standard InChI is InChI=1S/C13H9BrClFO3S/c14-12-7-9(1-6-13(12)16)8-19-10-2-4-11(5-3-10)20(15,17)18/h1-7H,8H2. The van der Waals surface area contributed by atoms with Crippen LogP contribution < -0.4 is 4.74 Å². The number of halogens is 3. The molecule has 2 aromatic rings. The number of benzene rings is 2. The van der Waals surface area contributed by atoms with Crippen LogP contribution in [0.5, 0.6) is 5.75 Å². The molecule has 0 unspecified atom stereocenters. The Kier molecular flexibility index (Phi) is 4.67. The van der Waals surface area contributed by atoms with E-state index in [1.165, 1.54) is 30.3 Å². The van der Waals surface area contributed by atoms with Gasteiger partial charge in [0.2, 0.25) is 0 Å². The molecule has 0 amide bonds. The molecule has 2 rings (SSSR count). The van der Waals surface area contributed by atoms with Gasteiger partial charge in [-0.2, -0.15) is 0 Å². The smallest absolute Gasteiger partial charge is 0.261 e. The second kappa shape index (κ2) is 6.11. The van der Waals surface area contributed by atoms with Crippen LogP contribution in [-0.4, -0.2) is 8.42 Å². The van der Waals surface area contributed by atoms with E-state index in [0.717, 1.165) is 5.56 Å². The fraction of sp³-hybridized carbons (Fsp3) is 0.0769. The highest BCUT2D eigenvalue weighted by Gasteiger charge is 2.09. The van der Waals surface area contributed by atoms with E-state index in [1.54, 1.807) is 12.1 Å². The Morgan fingerprint density at radius 1 is 1.15 bits per heavy atom. The summed E-state index contributed by atoms with van der Waals surface area (Å²) in [6.45, 7) is 0.242. The van der Waals surface area contributed by atoms with Crippen LogP contribution in [0.3, 0.4) is 0 Å². The van der Waals surface area contributed by atoms with Gasteiger partial charge in [0.25, 0.3) is 9.05 Å². The summed E-state index contributed by atoms with van der Waals surface area (Å²) >= 11 is 3.09. The molecule has 0 aliphatic heterocycles. The molecule has 0 atom stereocenters. The van der Waals surface area contributed by atoms with Crippen molar-refractivity contribution in [2.45, 2.75) is 11.5 Å². The van der Waals surface area contributed by atoms with Crippen LogP contribution in [0.15, 0.2) is 51.8 Å². The lowest BCUT2D eigenvalue weighted by Crippen LogP contribution is -1.97. The van der Waals surface area contributed by atoms with Gasteiger partial charge in [0.15, 0.2) is 0 Å². The van der Waals surface area contributed by atoms with Gasteiger partial charge in [-0.05, 0) is 57.9 Å². The third-order valence-electron chi connectivity index (χ3n) is 2.49. The van der Waals surface area contributed by atoms with E-state index in [-0.39, 0.29) is 17.3 Å². The molecule has 0 spiro atoms. The maximum atomic E-state index is 13.1. The van der Waals surface area contributed by atoms with Gasteiger partial charge < -0.3 is 4.74 Å². The third-order valence-corrected chi connectivity index (χ3v) is 4.47. The highest BCUT2D eigenvalue weighted by molar-refractivity contribution is 9.10. The minimum atomic E-state index is -3.73. The van der Waals surface area contributed by atoms with Crippen molar-refractivity contribution in [3.8, 4) is 5.75 Å². The van der Waals surface area contributed by atoms with Crippen molar-refractivity contribution in [1.82, 2.24) is 0 Å². The van der Waals surface area contributed by atoms with Gasteiger partial charge in [-0.3, -0.25) is 0 Å². The van der Waals surface area contributed by atoms with E-state index >= 15 is 0 Å². The van der Waals surface area contributed by atoms with Crippen molar-refractivity contribution in [2.24, 2.45) is 0 Å². The lowest BCUT2D eigenvalue weighted by molar-refractivity contribution is 0.306. The Hall–Kier alpha value is -1.11. The summed E-state index contributed by atoms with van der Waals surface area (Å²) < 4.78 is 41.1. The first-order valence-corrected chi connectivity index (χ1v) is 8.58. The van der Waals surface area contributed by atoms with E-state index in [4.69, 9.17) is 15.4 Å². The van der Waals surface area contributed by atoms with E-state index in [1.807, 2.05) is 0 Å². The Balaban J connectivity index is 2.06. The molecule has 0 radical (unpaired) electrons. The average Bonchev–Trinajstić information content (AvgIpc) is 2.40. The fourth-order valence-corrected chi connectivity index (χ4v) is 2.69. The van der Waals surface area contributed by atoms with Gasteiger partial charge >= 0.3 is 0 Å². The van der Waals surface area contributed by atoms with Crippen LogP contribution in [0.25, 0.3) is 0 Å². The Morgan fingerprint density at radius 2 is 1.80 bits per heavy atom. The monoisotopic (exact) mass is 378 g/mol. The Morgan fingerprint density at radius 3 is 2.35 bits per heavy atom. The molecule has 20 heavy (non-hydrogen) atoms. The summed E-state index contributed by atoms with van der Waals surface area (Å²) in [5, 5.41) is 0. The predicted octanol–water partition coefficient (Wildman–Crippen LogP) is 4.09. The van der Waals surface area contributed by atoms with Crippen LogP contribution in [0.2, 0.25) is 0 Å². The maximum absolute atomic E-state index is 13.1. The molecule has 0 aromatic heterocycles. The first-order valence-electron chi connectivity index (χ1n) is 5.48. The van der Waals surface area contributed by atoms with E-state index in [9.17, 15) is 12.8 Å². The fourth-order valence-electron chi connectivity index (χ4n) is 1.49. The van der Waals surface area contributed by atoms with Crippen LogP contribution in [0, 0.1) is 5.82 Å². The number of rotatable bonds is 4. The molecule has 0 saturated heterocycles. The minimum absolute atomic E-state index is 0.0102. The summed E-state index contributed by atoms with van der Waals surface area (Å²) in [6, 6.07) is 10.3. The SMILES string of the molecule is O=S(=O)(Cl)c1ccc(OCc2ccc(F)c(Br)c2)cc1. The largest absolute Gasteiger partial charge is 0.489 e. The molecule has 2 aromatic carbocycles. The van der Waals surface area contributed by atoms with Gasteiger partial charge in [-0.1, -0.05) is 6.07 Å². The normalized spacial score (nSPS) is 11.3. The van der Waals surface area contributed by atoms with Gasteiger partial charge in [0.05, 0.1) is 9.37 Å². The molecule has 0 saturated carbocycles. The summed E-state index contributed by atoms with van der Waals surface area (Å²) in [7, 11) is 1.48. The van der Waals surface area contributed by atoms with Crippen LogP contribution in [-0.2, 0) is 15.7 Å². The Bertz CT molecular complexity index is 717. The molecule has 3 nitrogen and oxygen atoms in total. The minimum Gasteiger partial charge on any atom is -0.489 e. The van der Waals surface area contributed by atoms with Crippen LogP contribution in [0.1, 0.15) is 5.56 Å². The molecular weight excluding hydrogens is 371 g/mol. The summed E-state index contributed by atoms with van der Waals surface area (Å²) in [4.78, 5) is 0.0102. The van der Waals surface area contributed by atoms with E-state index in [0.29, 0.717) is 10.2 Å². The molecule has 7 heteroatoms. The zero-order valence-corrected chi connectivity index (χ0v) is 13.2. The van der Waals surface area contributed by atoms with Crippen LogP contribution in [0.4, 0.5) is 4.39 Å². The zero-order chi connectivity index (χ0) is 14.8. The average molecular weight is 380 g/mol. The van der Waals surface area contributed by atoms with Gasteiger partial charge in [-0.15, -0.1) is 0 Å². The highest BCUT2D eigenvalue weighted by atomic mass is 79.9. The number of ether oxygens (including phenoxy) is 1. The molecule has 0 aliphatic rings. The maximum Gasteiger partial charge on any atom is 0.261 e. The molecule has 0 bridgehead atoms. The molecule has 0 heterocycles. The lowest BCUT2D eigenvalue weighted by Gasteiger charge is -2.07.